The lowest BCUT2D eigenvalue weighted by Gasteiger charge is -2.26. The zero-order chi connectivity index (χ0) is 13.2. The number of nitrogens with zero attached hydrogens (tertiary/aromatic N) is 1. The standard InChI is InChI=1S/C10H15N3O4S/c14-10(15)7-2-1-3-8(4-7)13-18(16,17)9-5-11-6-12-9/h5-8,13H,1-4H2,(H,11,12)(H,14,15). The van der Waals surface area contributed by atoms with Crippen molar-refractivity contribution < 1.29 is 18.3 Å². The molecule has 1 fully saturated rings. The first-order valence-electron chi connectivity index (χ1n) is 5.72. The van der Waals surface area contributed by atoms with Crippen LogP contribution in [0.2, 0.25) is 0 Å². The van der Waals surface area contributed by atoms with Crippen molar-refractivity contribution >= 4 is 16.0 Å². The molecule has 0 aromatic carbocycles. The molecule has 3 N–H and O–H groups in total. The number of H-pyrrole nitrogens is 1. The van der Waals surface area contributed by atoms with Crippen LogP contribution in [0.25, 0.3) is 0 Å². The number of carbonyl (C=O) groups is 1. The summed E-state index contributed by atoms with van der Waals surface area (Å²) in [5.74, 6) is -1.33. The van der Waals surface area contributed by atoms with E-state index in [0.29, 0.717) is 25.7 Å². The summed E-state index contributed by atoms with van der Waals surface area (Å²) < 4.78 is 26.3. The fourth-order valence-corrected chi connectivity index (χ4v) is 3.38. The Morgan fingerprint density at radius 1 is 1.50 bits per heavy atom. The van der Waals surface area contributed by atoms with Gasteiger partial charge in [0.1, 0.15) is 0 Å². The van der Waals surface area contributed by atoms with Crippen molar-refractivity contribution in [3.05, 3.63) is 12.5 Å². The van der Waals surface area contributed by atoms with Gasteiger partial charge in [0.15, 0.2) is 5.03 Å². The number of imidazole rings is 1. The highest BCUT2D eigenvalue weighted by atomic mass is 32.2. The van der Waals surface area contributed by atoms with Gasteiger partial charge in [-0.15, -0.1) is 0 Å². The summed E-state index contributed by atoms with van der Waals surface area (Å²) in [6, 6.07) is -0.326. The molecule has 0 radical (unpaired) electrons. The summed E-state index contributed by atoms with van der Waals surface area (Å²) in [6.07, 6.45) is 4.83. The minimum Gasteiger partial charge on any atom is -0.481 e. The number of sulfonamides is 1. The number of aromatic nitrogens is 2. The molecule has 1 aromatic rings. The molecule has 0 amide bonds. The van der Waals surface area contributed by atoms with E-state index in [0.717, 1.165) is 0 Å². The van der Waals surface area contributed by atoms with Gasteiger partial charge < -0.3 is 10.1 Å². The topological polar surface area (TPSA) is 112 Å². The van der Waals surface area contributed by atoms with Crippen LogP contribution in [-0.4, -0.2) is 35.5 Å². The highest BCUT2D eigenvalue weighted by Gasteiger charge is 2.30. The number of aliphatic carboxylic acids is 1. The first kappa shape index (κ1) is 13.0. The monoisotopic (exact) mass is 273 g/mol. The maximum Gasteiger partial charge on any atom is 0.306 e. The molecule has 1 saturated carbocycles. The number of carboxylic acid groups (broad SMARTS) is 1. The Morgan fingerprint density at radius 3 is 2.89 bits per heavy atom. The smallest absolute Gasteiger partial charge is 0.306 e. The summed E-state index contributed by atoms with van der Waals surface area (Å²) in [5, 5.41) is 8.94. The van der Waals surface area contributed by atoms with Gasteiger partial charge in [-0.1, -0.05) is 6.42 Å². The van der Waals surface area contributed by atoms with Gasteiger partial charge in [0.2, 0.25) is 0 Å². The molecule has 2 atom stereocenters. The normalized spacial score (nSPS) is 24.9. The number of nitrogens with one attached hydrogen (secondary N) is 2. The second-order valence-electron chi connectivity index (χ2n) is 4.44. The van der Waals surface area contributed by atoms with Crippen molar-refractivity contribution in [2.75, 3.05) is 0 Å². The van der Waals surface area contributed by atoms with Gasteiger partial charge in [-0.3, -0.25) is 4.79 Å². The van der Waals surface area contributed by atoms with Crippen molar-refractivity contribution in [2.24, 2.45) is 5.92 Å². The average molecular weight is 273 g/mol. The van der Waals surface area contributed by atoms with Crippen LogP contribution >= 0.6 is 0 Å². The molecule has 7 nitrogen and oxygen atoms in total. The maximum absolute atomic E-state index is 11.9. The highest BCUT2D eigenvalue weighted by molar-refractivity contribution is 7.89. The average Bonchev–Trinajstić information content (AvgIpc) is 2.82. The van der Waals surface area contributed by atoms with E-state index in [1.807, 2.05) is 0 Å². The SMILES string of the molecule is O=C(O)C1CCCC(NS(=O)(=O)c2cnc[nH]2)C1. The van der Waals surface area contributed by atoms with Crippen molar-refractivity contribution in [1.29, 1.82) is 0 Å². The third kappa shape index (κ3) is 2.88. The summed E-state index contributed by atoms with van der Waals surface area (Å²) >= 11 is 0. The maximum atomic E-state index is 11.9. The van der Waals surface area contributed by atoms with Gasteiger partial charge in [0.25, 0.3) is 10.0 Å². The quantitative estimate of drug-likeness (QED) is 0.732. The molecule has 1 aliphatic carbocycles. The van der Waals surface area contributed by atoms with Crippen LogP contribution in [0.15, 0.2) is 17.6 Å². The van der Waals surface area contributed by atoms with E-state index < -0.39 is 21.9 Å². The Labute approximate surface area is 105 Å². The Hall–Kier alpha value is -1.41. The van der Waals surface area contributed by atoms with Gasteiger partial charge >= 0.3 is 5.97 Å². The van der Waals surface area contributed by atoms with E-state index in [-0.39, 0.29) is 11.1 Å². The molecular weight excluding hydrogens is 258 g/mol. The van der Waals surface area contributed by atoms with Crippen LogP contribution in [0.1, 0.15) is 25.7 Å². The third-order valence-corrected chi connectivity index (χ3v) is 4.55. The van der Waals surface area contributed by atoms with Crippen LogP contribution in [0.5, 0.6) is 0 Å². The van der Waals surface area contributed by atoms with Gasteiger partial charge in [0.05, 0.1) is 18.4 Å². The van der Waals surface area contributed by atoms with Crippen molar-refractivity contribution in [1.82, 2.24) is 14.7 Å². The number of aromatic amines is 1. The summed E-state index contributed by atoms with van der Waals surface area (Å²) in [6.45, 7) is 0. The van der Waals surface area contributed by atoms with Crippen LogP contribution in [0.3, 0.4) is 0 Å². The molecule has 1 heterocycles. The van der Waals surface area contributed by atoms with E-state index in [1.54, 1.807) is 0 Å². The lowest BCUT2D eigenvalue weighted by Crippen LogP contribution is -2.40. The molecule has 2 rings (SSSR count). The van der Waals surface area contributed by atoms with Crippen LogP contribution < -0.4 is 4.72 Å². The van der Waals surface area contributed by atoms with Gasteiger partial charge in [-0.05, 0) is 19.3 Å². The van der Waals surface area contributed by atoms with E-state index >= 15 is 0 Å². The molecule has 2 unspecified atom stereocenters. The van der Waals surface area contributed by atoms with Crippen molar-refractivity contribution in [2.45, 2.75) is 36.8 Å². The molecule has 1 aromatic heterocycles. The van der Waals surface area contributed by atoms with E-state index in [1.165, 1.54) is 12.5 Å². The predicted octanol–water partition coefficient (Wildman–Crippen LogP) is 0.331. The van der Waals surface area contributed by atoms with Crippen molar-refractivity contribution in [3.8, 4) is 0 Å². The Morgan fingerprint density at radius 2 is 2.28 bits per heavy atom. The molecule has 1 aliphatic rings. The van der Waals surface area contributed by atoms with E-state index in [2.05, 4.69) is 14.7 Å². The second kappa shape index (κ2) is 5.07. The minimum atomic E-state index is -3.63. The summed E-state index contributed by atoms with van der Waals surface area (Å²) in [4.78, 5) is 17.1. The lowest BCUT2D eigenvalue weighted by molar-refractivity contribution is -0.143. The summed E-state index contributed by atoms with van der Waals surface area (Å²) in [7, 11) is -3.63. The fraction of sp³-hybridized carbons (Fsp3) is 0.600. The largest absolute Gasteiger partial charge is 0.481 e. The molecule has 0 aliphatic heterocycles. The Balaban J connectivity index is 2.03. The van der Waals surface area contributed by atoms with Crippen LogP contribution in [0, 0.1) is 5.92 Å². The zero-order valence-corrected chi connectivity index (χ0v) is 10.5. The highest BCUT2D eigenvalue weighted by Crippen LogP contribution is 2.25. The molecule has 8 heteroatoms. The number of carboxylic acids is 1. The van der Waals surface area contributed by atoms with Gasteiger partial charge in [0, 0.05) is 6.04 Å². The fourth-order valence-electron chi connectivity index (χ4n) is 2.19. The lowest BCUT2D eigenvalue weighted by atomic mass is 9.86. The Kier molecular flexibility index (Phi) is 3.67. The first-order chi connectivity index (χ1) is 8.49. The van der Waals surface area contributed by atoms with Gasteiger partial charge in [-0.25, -0.2) is 18.1 Å². The van der Waals surface area contributed by atoms with Gasteiger partial charge in [-0.2, -0.15) is 0 Å². The zero-order valence-electron chi connectivity index (χ0n) is 9.67. The van der Waals surface area contributed by atoms with E-state index in [4.69, 9.17) is 5.11 Å². The molecule has 0 bridgehead atoms. The molecule has 0 spiro atoms. The predicted molar refractivity (Wildman–Crippen MR) is 62.3 cm³/mol. The number of hydrogen-bond donors (Lipinski definition) is 3. The summed E-state index contributed by atoms with van der Waals surface area (Å²) in [5.41, 5.74) is 0. The first-order valence-corrected chi connectivity index (χ1v) is 7.21. The third-order valence-electron chi connectivity index (χ3n) is 3.11. The molecule has 0 saturated heterocycles. The molecule has 100 valence electrons. The number of rotatable bonds is 4. The van der Waals surface area contributed by atoms with Crippen LogP contribution in [-0.2, 0) is 14.8 Å². The molecular formula is C10H15N3O4S. The second-order valence-corrected chi connectivity index (χ2v) is 6.12. The van der Waals surface area contributed by atoms with E-state index in [9.17, 15) is 13.2 Å². The Bertz CT molecular complexity index is 511. The number of hydrogen-bond acceptors (Lipinski definition) is 4. The van der Waals surface area contributed by atoms with Crippen molar-refractivity contribution in [3.63, 3.8) is 0 Å². The molecule has 18 heavy (non-hydrogen) atoms. The minimum absolute atomic E-state index is 0.0000477. The van der Waals surface area contributed by atoms with Crippen LogP contribution in [0.4, 0.5) is 0 Å².